The summed E-state index contributed by atoms with van der Waals surface area (Å²) in [5.74, 6) is 0.0736. The van der Waals surface area contributed by atoms with Crippen LogP contribution in [0.1, 0.15) is 23.0 Å². The number of nitrogens with zero attached hydrogens (tertiary/aromatic N) is 2. The quantitative estimate of drug-likeness (QED) is 0.648. The van der Waals surface area contributed by atoms with Gasteiger partial charge in [-0.25, -0.2) is 8.42 Å². The minimum Gasteiger partial charge on any atom is -0.358 e. The minimum absolute atomic E-state index is 0.0736. The third-order valence-electron chi connectivity index (χ3n) is 5.43. The number of carbonyl (C=O) groups excluding carboxylic acids is 1. The van der Waals surface area contributed by atoms with E-state index < -0.39 is 10.0 Å². The van der Waals surface area contributed by atoms with Gasteiger partial charge in [0, 0.05) is 48.3 Å². The van der Waals surface area contributed by atoms with Crippen molar-refractivity contribution in [2.75, 3.05) is 26.2 Å². The van der Waals surface area contributed by atoms with E-state index in [1.165, 1.54) is 15.6 Å². The third-order valence-corrected chi connectivity index (χ3v) is 8.70. The molecular formula is C20H23N3O3S2. The summed E-state index contributed by atoms with van der Waals surface area (Å²) < 4.78 is 27.3. The van der Waals surface area contributed by atoms with E-state index in [1.807, 2.05) is 38.1 Å². The standard InChI is InChI=1S/C20H23N3O3S2/c1-14-19(16-6-3-4-7-17(16)21-14)20(24)15(2)22-9-11-23(12-10-22)28(25,26)18-8-5-13-27-18/h3-8,13,15,21H,9-12H2,1-2H3/t15-/m0/s1. The third kappa shape index (κ3) is 3.30. The van der Waals surface area contributed by atoms with Crippen molar-refractivity contribution < 1.29 is 13.2 Å². The first-order valence-corrected chi connectivity index (χ1v) is 11.6. The predicted octanol–water partition coefficient (Wildman–Crippen LogP) is 3.12. The summed E-state index contributed by atoms with van der Waals surface area (Å²) >= 11 is 1.24. The number of piperazine rings is 1. The van der Waals surface area contributed by atoms with Gasteiger partial charge in [-0.1, -0.05) is 24.3 Å². The van der Waals surface area contributed by atoms with Crippen LogP contribution >= 0.6 is 11.3 Å². The summed E-state index contributed by atoms with van der Waals surface area (Å²) in [6.45, 7) is 5.70. The van der Waals surface area contributed by atoms with Gasteiger partial charge in [-0.05, 0) is 31.4 Å². The zero-order valence-corrected chi connectivity index (χ0v) is 17.5. The fourth-order valence-corrected chi connectivity index (χ4v) is 6.40. The number of para-hydroxylation sites is 1. The van der Waals surface area contributed by atoms with Crippen molar-refractivity contribution in [1.29, 1.82) is 0 Å². The minimum atomic E-state index is -3.43. The normalized spacial score (nSPS) is 17.8. The Labute approximate surface area is 168 Å². The molecule has 28 heavy (non-hydrogen) atoms. The molecule has 1 fully saturated rings. The van der Waals surface area contributed by atoms with Crippen LogP contribution in [0.25, 0.3) is 10.9 Å². The lowest BCUT2D eigenvalue weighted by Crippen LogP contribution is -2.53. The number of sulfonamides is 1. The molecule has 0 bridgehead atoms. The number of nitrogens with one attached hydrogen (secondary N) is 1. The Morgan fingerprint density at radius 3 is 2.50 bits per heavy atom. The Hall–Kier alpha value is -2.00. The molecule has 0 aliphatic carbocycles. The number of hydrogen-bond donors (Lipinski definition) is 1. The van der Waals surface area contributed by atoms with Crippen LogP contribution < -0.4 is 0 Å². The van der Waals surface area contributed by atoms with Gasteiger partial charge in [0.05, 0.1) is 6.04 Å². The van der Waals surface area contributed by atoms with E-state index in [1.54, 1.807) is 17.5 Å². The average Bonchev–Trinajstić information content (AvgIpc) is 3.34. The summed E-state index contributed by atoms with van der Waals surface area (Å²) in [7, 11) is -3.43. The highest BCUT2D eigenvalue weighted by Gasteiger charge is 2.33. The topological polar surface area (TPSA) is 73.5 Å². The molecule has 0 unspecified atom stereocenters. The van der Waals surface area contributed by atoms with E-state index in [2.05, 4.69) is 9.88 Å². The number of rotatable bonds is 5. The number of aryl methyl sites for hydroxylation is 1. The maximum atomic E-state index is 13.2. The molecule has 1 aliphatic heterocycles. The van der Waals surface area contributed by atoms with Gasteiger partial charge in [0.1, 0.15) is 4.21 Å². The largest absolute Gasteiger partial charge is 0.358 e. The Bertz CT molecular complexity index is 1100. The maximum Gasteiger partial charge on any atom is 0.252 e. The first-order valence-electron chi connectivity index (χ1n) is 9.29. The number of hydrogen-bond acceptors (Lipinski definition) is 5. The number of ketones is 1. The van der Waals surface area contributed by atoms with Crippen molar-refractivity contribution in [3.63, 3.8) is 0 Å². The van der Waals surface area contributed by atoms with Crippen molar-refractivity contribution in [2.45, 2.75) is 24.1 Å². The SMILES string of the molecule is Cc1[nH]c2ccccc2c1C(=O)[C@H](C)N1CCN(S(=O)(=O)c2cccs2)CC1. The van der Waals surface area contributed by atoms with Crippen molar-refractivity contribution in [2.24, 2.45) is 0 Å². The van der Waals surface area contributed by atoms with Crippen LogP contribution in [0.15, 0.2) is 46.0 Å². The number of benzene rings is 1. The molecule has 0 saturated carbocycles. The average molecular weight is 418 g/mol. The summed E-state index contributed by atoms with van der Waals surface area (Å²) in [5, 5.41) is 2.71. The molecule has 1 atom stereocenters. The molecular weight excluding hydrogens is 394 g/mol. The van der Waals surface area contributed by atoms with Crippen LogP contribution in [0.5, 0.6) is 0 Å². The lowest BCUT2D eigenvalue weighted by molar-refractivity contribution is 0.0783. The Morgan fingerprint density at radius 2 is 1.82 bits per heavy atom. The molecule has 3 aromatic rings. The molecule has 4 rings (SSSR count). The number of Topliss-reactive ketones (excluding diaryl/α,β-unsaturated/α-hetero) is 1. The van der Waals surface area contributed by atoms with E-state index in [0.717, 1.165) is 22.2 Å². The second-order valence-electron chi connectivity index (χ2n) is 7.08. The Balaban J connectivity index is 1.49. The smallest absolute Gasteiger partial charge is 0.252 e. The number of H-pyrrole nitrogens is 1. The summed E-state index contributed by atoms with van der Waals surface area (Å²) in [6, 6.07) is 10.9. The zero-order chi connectivity index (χ0) is 19.9. The molecule has 2 aromatic heterocycles. The molecule has 0 spiro atoms. The van der Waals surface area contributed by atoms with Crippen LogP contribution in [0, 0.1) is 6.92 Å². The Morgan fingerprint density at radius 1 is 1.11 bits per heavy atom. The van der Waals surface area contributed by atoms with Crippen molar-refractivity contribution in [3.05, 3.63) is 53.0 Å². The second-order valence-corrected chi connectivity index (χ2v) is 10.2. The van der Waals surface area contributed by atoms with Gasteiger partial charge >= 0.3 is 0 Å². The number of carbonyl (C=O) groups is 1. The van der Waals surface area contributed by atoms with Crippen LogP contribution in [0.3, 0.4) is 0 Å². The number of fused-ring (bicyclic) bond motifs is 1. The molecule has 148 valence electrons. The highest BCUT2D eigenvalue weighted by atomic mass is 32.2. The fourth-order valence-electron chi connectivity index (χ4n) is 3.84. The molecule has 6 nitrogen and oxygen atoms in total. The summed E-state index contributed by atoms with van der Waals surface area (Å²) in [6.07, 6.45) is 0. The summed E-state index contributed by atoms with van der Waals surface area (Å²) in [4.78, 5) is 18.6. The monoisotopic (exact) mass is 417 g/mol. The summed E-state index contributed by atoms with van der Waals surface area (Å²) in [5.41, 5.74) is 2.57. The molecule has 1 aromatic carbocycles. The lowest BCUT2D eigenvalue weighted by atomic mass is 10.0. The fraction of sp³-hybridized carbons (Fsp3) is 0.350. The van der Waals surface area contributed by atoms with E-state index in [4.69, 9.17) is 0 Å². The number of aromatic nitrogens is 1. The van der Waals surface area contributed by atoms with Gasteiger partial charge in [0.15, 0.2) is 5.78 Å². The van der Waals surface area contributed by atoms with Crippen LogP contribution in [-0.4, -0.2) is 60.6 Å². The maximum absolute atomic E-state index is 13.2. The van der Waals surface area contributed by atoms with Gasteiger partial charge in [0.25, 0.3) is 10.0 Å². The van der Waals surface area contributed by atoms with Crippen LogP contribution in [0.2, 0.25) is 0 Å². The van der Waals surface area contributed by atoms with Gasteiger partial charge in [-0.3, -0.25) is 9.69 Å². The van der Waals surface area contributed by atoms with E-state index in [9.17, 15) is 13.2 Å². The van der Waals surface area contributed by atoms with Crippen molar-refractivity contribution in [3.8, 4) is 0 Å². The molecule has 1 N–H and O–H groups in total. The van der Waals surface area contributed by atoms with Crippen molar-refractivity contribution >= 4 is 38.0 Å². The van der Waals surface area contributed by atoms with Crippen molar-refractivity contribution in [1.82, 2.24) is 14.2 Å². The molecule has 1 saturated heterocycles. The van der Waals surface area contributed by atoms with Gasteiger partial charge in [-0.2, -0.15) is 4.31 Å². The lowest BCUT2D eigenvalue weighted by Gasteiger charge is -2.36. The second kappa shape index (κ2) is 7.44. The van der Waals surface area contributed by atoms with E-state index >= 15 is 0 Å². The molecule has 3 heterocycles. The molecule has 0 amide bonds. The van der Waals surface area contributed by atoms with E-state index in [0.29, 0.717) is 30.4 Å². The number of thiophene rings is 1. The van der Waals surface area contributed by atoms with Crippen LogP contribution in [-0.2, 0) is 10.0 Å². The molecule has 1 aliphatic rings. The number of aromatic amines is 1. The van der Waals surface area contributed by atoms with E-state index in [-0.39, 0.29) is 11.8 Å². The van der Waals surface area contributed by atoms with Gasteiger partial charge < -0.3 is 4.98 Å². The molecule has 8 heteroatoms. The predicted molar refractivity (Wildman–Crippen MR) is 111 cm³/mol. The first kappa shape index (κ1) is 19.3. The Kier molecular flexibility index (Phi) is 5.13. The van der Waals surface area contributed by atoms with Crippen LogP contribution in [0.4, 0.5) is 0 Å². The zero-order valence-electron chi connectivity index (χ0n) is 15.9. The molecule has 0 radical (unpaired) electrons. The van der Waals surface area contributed by atoms with Gasteiger partial charge in [-0.15, -0.1) is 11.3 Å². The highest BCUT2D eigenvalue weighted by Crippen LogP contribution is 2.26. The highest BCUT2D eigenvalue weighted by molar-refractivity contribution is 7.91. The first-order chi connectivity index (χ1) is 13.4. The van der Waals surface area contributed by atoms with Gasteiger partial charge in [0.2, 0.25) is 0 Å².